The molecule has 1 aromatic rings. The Morgan fingerprint density at radius 3 is 2.57 bits per heavy atom. The van der Waals surface area contributed by atoms with Gasteiger partial charge in [0.2, 0.25) is 0 Å². The Morgan fingerprint density at radius 1 is 1.29 bits per heavy atom. The first-order chi connectivity index (χ1) is 10.2. The van der Waals surface area contributed by atoms with Crippen molar-refractivity contribution >= 4 is 5.69 Å². The monoisotopic (exact) mass is 293 g/mol. The predicted octanol–water partition coefficient (Wildman–Crippen LogP) is 2.88. The van der Waals surface area contributed by atoms with Gasteiger partial charge in [-0.1, -0.05) is 25.3 Å². The molecule has 0 radical (unpaired) electrons. The van der Waals surface area contributed by atoms with Crippen LogP contribution in [0.2, 0.25) is 0 Å². The van der Waals surface area contributed by atoms with E-state index in [-0.39, 0.29) is 6.61 Å². The Labute approximate surface area is 127 Å². The molecule has 0 amide bonds. The Morgan fingerprint density at radius 2 is 2.00 bits per heavy atom. The van der Waals surface area contributed by atoms with Gasteiger partial charge in [0, 0.05) is 23.8 Å². The lowest BCUT2D eigenvalue weighted by atomic mass is 9.93. The zero-order valence-electron chi connectivity index (χ0n) is 13.1. The zero-order chi connectivity index (χ0) is 15.2. The van der Waals surface area contributed by atoms with Gasteiger partial charge in [-0.05, 0) is 31.9 Å². The average Bonchev–Trinajstić information content (AvgIpc) is 2.52. The molecule has 1 saturated carbocycles. The van der Waals surface area contributed by atoms with Crippen LogP contribution in [0.3, 0.4) is 0 Å². The summed E-state index contributed by atoms with van der Waals surface area (Å²) >= 11 is 0. The molecule has 1 aliphatic rings. The largest absolute Gasteiger partial charge is 0.496 e. The lowest BCUT2D eigenvalue weighted by Crippen LogP contribution is -2.39. The second kappa shape index (κ2) is 7.66. The van der Waals surface area contributed by atoms with E-state index in [1.54, 1.807) is 14.0 Å². The van der Waals surface area contributed by atoms with Crippen LogP contribution in [0.1, 0.15) is 50.7 Å². The summed E-state index contributed by atoms with van der Waals surface area (Å²) in [5.41, 5.74) is 1.81. The molecule has 2 N–H and O–H groups in total. The first kappa shape index (κ1) is 16.1. The number of anilines is 1. The van der Waals surface area contributed by atoms with Crippen LogP contribution in [-0.4, -0.2) is 36.5 Å². The lowest BCUT2D eigenvalue weighted by molar-refractivity contribution is 0.194. The number of nitrogens with zero attached hydrogens (tertiary/aromatic N) is 1. The number of ether oxygens (including phenoxy) is 1. The van der Waals surface area contributed by atoms with E-state index in [1.807, 2.05) is 18.2 Å². The second-order valence-electron chi connectivity index (χ2n) is 5.78. The van der Waals surface area contributed by atoms with E-state index in [0.29, 0.717) is 18.3 Å². The van der Waals surface area contributed by atoms with Gasteiger partial charge >= 0.3 is 0 Å². The predicted molar refractivity (Wildman–Crippen MR) is 84.9 cm³/mol. The van der Waals surface area contributed by atoms with E-state index in [4.69, 9.17) is 4.74 Å². The molecule has 0 spiro atoms. The van der Waals surface area contributed by atoms with Crippen LogP contribution in [0.25, 0.3) is 0 Å². The van der Waals surface area contributed by atoms with Crippen LogP contribution >= 0.6 is 0 Å². The van der Waals surface area contributed by atoms with Crippen molar-refractivity contribution in [2.45, 2.75) is 51.2 Å². The zero-order valence-corrected chi connectivity index (χ0v) is 13.1. The molecule has 21 heavy (non-hydrogen) atoms. The minimum absolute atomic E-state index is 0.118. The normalized spacial score (nSPS) is 17.5. The highest BCUT2D eigenvalue weighted by Crippen LogP contribution is 2.37. The van der Waals surface area contributed by atoms with Crippen LogP contribution in [0.5, 0.6) is 5.75 Å². The topological polar surface area (TPSA) is 52.9 Å². The van der Waals surface area contributed by atoms with Crippen LogP contribution in [-0.2, 0) is 0 Å². The molecule has 4 nitrogen and oxygen atoms in total. The second-order valence-corrected chi connectivity index (χ2v) is 5.78. The molecule has 4 heteroatoms. The Bertz CT molecular complexity index is 442. The van der Waals surface area contributed by atoms with Gasteiger partial charge in [0.1, 0.15) is 5.75 Å². The van der Waals surface area contributed by atoms with E-state index < -0.39 is 6.10 Å². The molecular weight excluding hydrogens is 266 g/mol. The van der Waals surface area contributed by atoms with Crippen molar-refractivity contribution in [3.8, 4) is 5.75 Å². The maximum absolute atomic E-state index is 10.2. The Kier molecular flexibility index (Phi) is 5.88. The minimum atomic E-state index is -0.596. The van der Waals surface area contributed by atoms with Crippen molar-refractivity contribution in [2.75, 3.05) is 25.2 Å². The minimum Gasteiger partial charge on any atom is -0.496 e. The van der Waals surface area contributed by atoms with Crippen molar-refractivity contribution in [3.05, 3.63) is 23.8 Å². The first-order valence-electron chi connectivity index (χ1n) is 7.91. The van der Waals surface area contributed by atoms with Gasteiger partial charge in [0.05, 0.1) is 19.8 Å². The van der Waals surface area contributed by atoms with Gasteiger partial charge in [0.25, 0.3) is 0 Å². The van der Waals surface area contributed by atoms with E-state index in [0.717, 1.165) is 24.1 Å². The molecule has 1 aromatic carbocycles. The molecule has 0 saturated heterocycles. The Balaban J connectivity index is 2.38. The third-order valence-electron chi connectivity index (χ3n) is 4.35. The number of aliphatic hydroxyl groups is 2. The molecule has 1 unspecified atom stereocenters. The van der Waals surface area contributed by atoms with Crippen molar-refractivity contribution in [1.82, 2.24) is 0 Å². The van der Waals surface area contributed by atoms with Gasteiger partial charge in [-0.3, -0.25) is 0 Å². The van der Waals surface area contributed by atoms with Crippen molar-refractivity contribution in [1.29, 1.82) is 0 Å². The highest BCUT2D eigenvalue weighted by molar-refractivity contribution is 5.61. The van der Waals surface area contributed by atoms with Gasteiger partial charge in [-0.15, -0.1) is 0 Å². The van der Waals surface area contributed by atoms with Crippen LogP contribution in [0.4, 0.5) is 5.69 Å². The summed E-state index contributed by atoms with van der Waals surface area (Å²) in [5.74, 6) is 0.709. The smallest absolute Gasteiger partial charge is 0.126 e. The fourth-order valence-electron chi connectivity index (χ4n) is 3.38. The average molecular weight is 293 g/mol. The number of rotatable bonds is 6. The molecule has 1 aliphatic carbocycles. The third-order valence-corrected chi connectivity index (χ3v) is 4.35. The molecule has 2 rings (SSSR count). The number of hydrogen-bond acceptors (Lipinski definition) is 4. The fourth-order valence-corrected chi connectivity index (χ4v) is 3.38. The van der Waals surface area contributed by atoms with Crippen molar-refractivity contribution < 1.29 is 14.9 Å². The van der Waals surface area contributed by atoms with Gasteiger partial charge in [0.15, 0.2) is 0 Å². The van der Waals surface area contributed by atoms with Crippen molar-refractivity contribution in [2.24, 2.45) is 0 Å². The molecule has 0 aliphatic heterocycles. The fraction of sp³-hybridized carbons (Fsp3) is 0.647. The van der Waals surface area contributed by atoms with E-state index >= 15 is 0 Å². The molecule has 1 fully saturated rings. The standard InChI is InChI=1S/C17H27NO3/c1-13(20)17-15(9-6-10-16(17)21-2)18(11-12-19)14-7-4-3-5-8-14/h6,9-10,13-14,19-20H,3-5,7-8,11-12H2,1-2H3. The maximum Gasteiger partial charge on any atom is 0.126 e. The molecule has 1 atom stereocenters. The SMILES string of the molecule is COc1cccc(N(CCO)C2CCCCC2)c1C(C)O. The van der Waals surface area contributed by atoms with E-state index in [1.165, 1.54) is 19.3 Å². The van der Waals surface area contributed by atoms with E-state index in [2.05, 4.69) is 4.90 Å². The maximum atomic E-state index is 10.2. The summed E-state index contributed by atoms with van der Waals surface area (Å²) < 4.78 is 5.41. The summed E-state index contributed by atoms with van der Waals surface area (Å²) in [4.78, 5) is 2.25. The summed E-state index contributed by atoms with van der Waals surface area (Å²) in [6, 6.07) is 6.29. The summed E-state index contributed by atoms with van der Waals surface area (Å²) in [6.45, 7) is 2.48. The summed E-state index contributed by atoms with van der Waals surface area (Å²) in [7, 11) is 1.63. The first-order valence-corrected chi connectivity index (χ1v) is 7.91. The Hall–Kier alpha value is -1.26. The van der Waals surface area contributed by atoms with Crippen LogP contribution in [0.15, 0.2) is 18.2 Å². The number of methoxy groups -OCH3 is 1. The summed E-state index contributed by atoms with van der Waals surface area (Å²) in [5, 5.41) is 19.6. The van der Waals surface area contributed by atoms with E-state index in [9.17, 15) is 10.2 Å². The molecule has 118 valence electrons. The molecule has 0 heterocycles. The number of benzene rings is 1. The number of hydrogen-bond donors (Lipinski definition) is 2. The lowest BCUT2D eigenvalue weighted by Gasteiger charge is -2.37. The quantitative estimate of drug-likeness (QED) is 0.847. The van der Waals surface area contributed by atoms with Crippen LogP contribution in [0, 0.1) is 0 Å². The van der Waals surface area contributed by atoms with Crippen molar-refractivity contribution in [3.63, 3.8) is 0 Å². The van der Waals surface area contributed by atoms with Gasteiger partial charge in [-0.2, -0.15) is 0 Å². The highest BCUT2D eigenvalue weighted by atomic mass is 16.5. The molecule has 0 aromatic heterocycles. The van der Waals surface area contributed by atoms with Crippen LogP contribution < -0.4 is 9.64 Å². The molecule has 0 bridgehead atoms. The highest BCUT2D eigenvalue weighted by Gasteiger charge is 2.25. The molecular formula is C17H27NO3. The van der Waals surface area contributed by atoms with Gasteiger partial charge in [-0.25, -0.2) is 0 Å². The third kappa shape index (κ3) is 3.69. The summed E-state index contributed by atoms with van der Waals surface area (Å²) in [6.07, 6.45) is 5.47. The van der Waals surface area contributed by atoms with Gasteiger partial charge < -0.3 is 19.8 Å². The number of aliphatic hydroxyl groups excluding tert-OH is 2.